The monoisotopic (exact) mass is 253 g/mol. The van der Waals surface area contributed by atoms with Gasteiger partial charge in [0.2, 0.25) is 0 Å². The van der Waals surface area contributed by atoms with E-state index in [0.29, 0.717) is 0 Å². The second-order valence-electron chi connectivity index (χ2n) is 5.18. The van der Waals surface area contributed by atoms with Crippen LogP contribution < -0.4 is 0 Å². The molecule has 0 bridgehead atoms. The molecule has 15 heavy (non-hydrogen) atoms. The first kappa shape index (κ1) is 15.5. The largest absolute Gasteiger partial charge is 0.309 e. The molecule has 0 radical (unpaired) electrons. The molecule has 0 N–H and O–H groups in total. The van der Waals surface area contributed by atoms with Crippen LogP contribution in [-0.4, -0.2) is 25.5 Å². The summed E-state index contributed by atoms with van der Waals surface area (Å²) in [5, 5.41) is 0. The molecule has 2 rings (SSSR count). The predicted octanol–water partition coefficient (Wildman–Crippen LogP) is 3.69. The molecule has 0 aromatic rings. The third-order valence-electron chi connectivity index (χ3n) is 3.35. The van der Waals surface area contributed by atoms with E-state index in [1.807, 2.05) is 0 Å². The molecule has 0 amide bonds. The van der Waals surface area contributed by atoms with Crippen molar-refractivity contribution in [3.63, 3.8) is 0 Å². The molecular weight excluding hydrogens is 226 g/mol. The minimum atomic E-state index is 0. The fourth-order valence-electron chi connectivity index (χ4n) is 2.59. The van der Waals surface area contributed by atoms with Crippen molar-refractivity contribution in [2.45, 2.75) is 57.8 Å². The number of hydrogen-bond acceptors (Lipinski definition) is 1. The Balaban J connectivity index is 0.000000280. The standard InChI is InChI=1S/C8H17N.C5H10.Fe/c1-9(2)7-8-5-3-4-6-8;1-2-4-5-3-1;/h8H,3-7H2,1-2H3;1-5H2;. The zero-order valence-corrected chi connectivity index (χ0v) is 11.6. The van der Waals surface area contributed by atoms with Gasteiger partial charge in [0.25, 0.3) is 0 Å². The van der Waals surface area contributed by atoms with Gasteiger partial charge in [0.05, 0.1) is 0 Å². The van der Waals surface area contributed by atoms with Crippen LogP contribution >= 0.6 is 0 Å². The van der Waals surface area contributed by atoms with Gasteiger partial charge in [0, 0.05) is 23.6 Å². The van der Waals surface area contributed by atoms with Gasteiger partial charge in [0.1, 0.15) is 0 Å². The van der Waals surface area contributed by atoms with Gasteiger partial charge in [-0.3, -0.25) is 0 Å². The van der Waals surface area contributed by atoms with Crippen molar-refractivity contribution < 1.29 is 17.1 Å². The second kappa shape index (κ2) is 9.69. The van der Waals surface area contributed by atoms with Crippen molar-refractivity contribution in [3.05, 3.63) is 0 Å². The Morgan fingerprint density at radius 2 is 1.20 bits per heavy atom. The van der Waals surface area contributed by atoms with E-state index >= 15 is 0 Å². The van der Waals surface area contributed by atoms with Crippen LogP contribution in [0.15, 0.2) is 0 Å². The van der Waals surface area contributed by atoms with Crippen molar-refractivity contribution in [1.29, 1.82) is 0 Å². The maximum absolute atomic E-state index is 2.30. The van der Waals surface area contributed by atoms with E-state index in [0.717, 1.165) is 5.92 Å². The first-order valence-electron chi connectivity index (χ1n) is 6.44. The number of rotatable bonds is 2. The third-order valence-corrected chi connectivity index (χ3v) is 3.35. The van der Waals surface area contributed by atoms with Crippen LogP contribution in [0.25, 0.3) is 0 Å². The molecule has 0 aromatic carbocycles. The van der Waals surface area contributed by atoms with Crippen molar-refractivity contribution in [3.8, 4) is 0 Å². The number of hydrogen-bond donors (Lipinski definition) is 0. The zero-order valence-electron chi connectivity index (χ0n) is 10.4. The van der Waals surface area contributed by atoms with Crippen molar-refractivity contribution in [2.75, 3.05) is 20.6 Å². The van der Waals surface area contributed by atoms with E-state index in [1.54, 1.807) is 0 Å². The van der Waals surface area contributed by atoms with Gasteiger partial charge in [-0.1, -0.05) is 44.9 Å². The van der Waals surface area contributed by atoms with Crippen LogP contribution in [-0.2, 0) is 17.1 Å². The van der Waals surface area contributed by atoms with Gasteiger partial charge in [-0.05, 0) is 32.9 Å². The Morgan fingerprint density at radius 1 is 0.800 bits per heavy atom. The summed E-state index contributed by atoms with van der Waals surface area (Å²) in [5.74, 6) is 1.01. The van der Waals surface area contributed by atoms with E-state index in [9.17, 15) is 0 Å². The minimum Gasteiger partial charge on any atom is -0.309 e. The number of nitrogens with zero attached hydrogens (tertiary/aromatic N) is 1. The summed E-state index contributed by atoms with van der Waals surface area (Å²) in [6, 6.07) is 0. The second-order valence-corrected chi connectivity index (χ2v) is 5.18. The van der Waals surface area contributed by atoms with E-state index in [4.69, 9.17) is 0 Å². The molecule has 2 aliphatic rings. The van der Waals surface area contributed by atoms with Crippen molar-refractivity contribution in [1.82, 2.24) is 4.90 Å². The van der Waals surface area contributed by atoms with Gasteiger partial charge in [-0.25, -0.2) is 0 Å². The average Bonchev–Trinajstić information content (AvgIpc) is 2.75. The van der Waals surface area contributed by atoms with Gasteiger partial charge in [0.15, 0.2) is 0 Å². The molecule has 92 valence electrons. The van der Waals surface area contributed by atoms with E-state index in [2.05, 4.69) is 19.0 Å². The molecule has 2 heteroatoms. The van der Waals surface area contributed by atoms with Crippen LogP contribution in [0.2, 0.25) is 0 Å². The predicted molar refractivity (Wildman–Crippen MR) is 63.6 cm³/mol. The normalized spacial score (nSPS) is 21.0. The summed E-state index contributed by atoms with van der Waals surface area (Å²) >= 11 is 0. The van der Waals surface area contributed by atoms with E-state index in [-0.39, 0.29) is 17.1 Å². The van der Waals surface area contributed by atoms with Gasteiger partial charge >= 0.3 is 0 Å². The molecular formula is C13H27FeN. The van der Waals surface area contributed by atoms with Gasteiger partial charge < -0.3 is 4.90 Å². The van der Waals surface area contributed by atoms with Crippen LogP contribution in [0.4, 0.5) is 0 Å². The Hall–Kier alpha value is 0.479. The Kier molecular flexibility index (Phi) is 10.00. The Labute approximate surface area is 106 Å². The molecule has 0 heterocycles. The van der Waals surface area contributed by atoms with E-state index in [1.165, 1.54) is 64.3 Å². The average molecular weight is 253 g/mol. The smallest absolute Gasteiger partial charge is 0.000356 e. The fraction of sp³-hybridized carbons (Fsp3) is 1.00. The van der Waals surface area contributed by atoms with Gasteiger partial charge in [-0.2, -0.15) is 0 Å². The van der Waals surface area contributed by atoms with Crippen LogP contribution in [0.1, 0.15) is 57.8 Å². The molecule has 0 aromatic heterocycles. The fourth-order valence-corrected chi connectivity index (χ4v) is 2.59. The van der Waals surface area contributed by atoms with E-state index < -0.39 is 0 Å². The summed E-state index contributed by atoms with van der Waals surface area (Å²) in [6.45, 7) is 1.31. The summed E-state index contributed by atoms with van der Waals surface area (Å²) in [5.41, 5.74) is 0. The van der Waals surface area contributed by atoms with Crippen molar-refractivity contribution in [2.24, 2.45) is 5.92 Å². The molecule has 0 unspecified atom stereocenters. The maximum Gasteiger partial charge on any atom is 0.000356 e. The Bertz CT molecular complexity index is 119. The maximum atomic E-state index is 2.30. The SMILES string of the molecule is C1CCCC1.CN(C)CC1CCCC1.[Fe]. The molecule has 0 atom stereocenters. The molecule has 2 fully saturated rings. The summed E-state index contributed by atoms with van der Waals surface area (Å²) < 4.78 is 0. The summed E-state index contributed by atoms with van der Waals surface area (Å²) in [7, 11) is 4.33. The molecule has 2 aliphatic carbocycles. The van der Waals surface area contributed by atoms with Gasteiger partial charge in [-0.15, -0.1) is 0 Å². The summed E-state index contributed by atoms with van der Waals surface area (Å²) in [4.78, 5) is 2.30. The topological polar surface area (TPSA) is 3.24 Å². The molecule has 2 saturated carbocycles. The zero-order chi connectivity index (χ0) is 10.2. The first-order valence-corrected chi connectivity index (χ1v) is 6.44. The summed E-state index contributed by atoms with van der Waals surface area (Å²) in [6.07, 6.45) is 13.4. The first-order chi connectivity index (χ1) is 6.79. The van der Waals surface area contributed by atoms with Crippen molar-refractivity contribution >= 4 is 0 Å². The van der Waals surface area contributed by atoms with Crippen LogP contribution in [0.3, 0.4) is 0 Å². The quantitative estimate of drug-likeness (QED) is 0.678. The Morgan fingerprint density at radius 3 is 1.53 bits per heavy atom. The minimum absolute atomic E-state index is 0. The van der Waals surface area contributed by atoms with Crippen LogP contribution in [0, 0.1) is 5.92 Å². The third kappa shape index (κ3) is 8.30. The van der Waals surface area contributed by atoms with Crippen LogP contribution in [0.5, 0.6) is 0 Å². The molecule has 0 spiro atoms. The molecule has 0 aliphatic heterocycles. The molecule has 0 saturated heterocycles. The molecule has 1 nitrogen and oxygen atoms in total.